The molecule has 0 bridgehead atoms. The second-order valence-electron chi connectivity index (χ2n) is 4.78. The summed E-state index contributed by atoms with van der Waals surface area (Å²) in [5.41, 5.74) is 1.52. The van der Waals surface area contributed by atoms with Crippen LogP contribution in [0.4, 0.5) is 0 Å². The van der Waals surface area contributed by atoms with Crippen molar-refractivity contribution in [3.63, 3.8) is 0 Å². The average Bonchev–Trinajstić information content (AvgIpc) is 2.14. The van der Waals surface area contributed by atoms with Gasteiger partial charge < -0.3 is 9.84 Å². The van der Waals surface area contributed by atoms with Gasteiger partial charge in [-0.3, -0.25) is 4.79 Å². The first kappa shape index (κ1) is 14.0. The molecule has 1 rings (SSSR count). The van der Waals surface area contributed by atoms with Crippen LogP contribution in [0.1, 0.15) is 31.4 Å². The monoisotopic (exact) mass is 300 g/mol. The Morgan fingerprint density at radius 2 is 2.06 bits per heavy atom. The van der Waals surface area contributed by atoms with E-state index in [1.807, 2.05) is 32.9 Å². The number of methoxy groups -OCH3 is 1. The predicted octanol–water partition coefficient (Wildman–Crippen LogP) is 3.52. The zero-order valence-corrected chi connectivity index (χ0v) is 12.1. The largest absolute Gasteiger partial charge is 0.495 e. The van der Waals surface area contributed by atoms with Crippen LogP contribution in [-0.4, -0.2) is 18.2 Å². The molecule has 3 nitrogen and oxygen atoms in total. The van der Waals surface area contributed by atoms with Crippen molar-refractivity contribution in [1.29, 1.82) is 0 Å². The summed E-state index contributed by atoms with van der Waals surface area (Å²) in [6, 6.07) is 3.94. The number of aryl methyl sites for hydroxylation is 1. The van der Waals surface area contributed by atoms with Crippen LogP contribution in [0.15, 0.2) is 16.6 Å². The van der Waals surface area contributed by atoms with E-state index in [9.17, 15) is 4.79 Å². The molecule has 1 N–H and O–H groups in total. The second-order valence-corrected chi connectivity index (χ2v) is 5.64. The maximum Gasteiger partial charge on any atom is 0.304 e. The molecule has 0 amide bonds. The topological polar surface area (TPSA) is 46.5 Å². The molecule has 0 fully saturated rings. The van der Waals surface area contributed by atoms with Crippen LogP contribution >= 0.6 is 15.9 Å². The Kier molecular flexibility index (Phi) is 4.20. The summed E-state index contributed by atoms with van der Waals surface area (Å²) in [6.45, 7) is 5.79. The van der Waals surface area contributed by atoms with Crippen LogP contribution in [0.3, 0.4) is 0 Å². The zero-order valence-electron chi connectivity index (χ0n) is 10.5. The summed E-state index contributed by atoms with van der Waals surface area (Å²) in [7, 11) is 1.59. The van der Waals surface area contributed by atoms with E-state index in [0.29, 0.717) is 5.75 Å². The second kappa shape index (κ2) is 5.08. The number of carboxylic acids is 1. The first-order chi connectivity index (χ1) is 7.77. The fourth-order valence-electron chi connectivity index (χ4n) is 1.91. The molecule has 4 heteroatoms. The lowest BCUT2D eigenvalue weighted by molar-refractivity contribution is -0.138. The van der Waals surface area contributed by atoms with Crippen LogP contribution in [0.2, 0.25) is 0 Å². The molecule has 0 saturated carbocycles. The van der Waals surface area contributed by atoms with Crippen LogP contribution in [-0.2, 0) is 10.2 Å². The zero-order chi connectivity index (χ0) is 13.2. The standard InChI is InChI=1S/C13H17BrO3/c1-8-5-9(12(17-4)10(14)6-8)13(2,3)7-11(15)16/h5-6H,7H2,1-4H3,(H,15,16). The average molecular weight is 301 g/mol. The third-order valence-electron chi connectivity index (χ3n) is 2.71. The first-order valence-electron chi connectivity index (χ1n) is 5.34. The van der Waals surface area contributed by atoms with E-state index in [0.717, 1.165) is 15.6 Å². The van der Waals surface area contributed by atoms with E-state index >= 15 is 0 Å². The highest BCUT2D eigenvalue weighted by atomic mass is 79.9. The molecule has 1 aromatic carbocycles. The van der Waals surface area contributed by atoms with Gasteiger partial charge in [0.1, 0.15) is 5.75 Å². The number of hydrogen-bond acceptors (Lipinski definition) is 2. The Labute approximate surface area is 110 Å². The van der Waals surface area contributed by atoms with Crippen molar-refractivity contribution in [2.45, 2.75) is 32.6 Å². The lowest BCUT2D eigenvalue weighted by Gasteiger charge is -2.26. The first-order valence-corrected chi connectivity index (χ1v) is 6.13. The molecule has 94 valence electrons. The maximum atomic E-state index is 10.9. The molecule has 0 radical (unpaired) electrons. The number of carbonyl (C=O) groups is 1. The van der Waals surface area contributed by atoms with Gasteiger partial charge in [0.05, 0.1) is 18.0 Å². The van der Waals surface area contributed by atoms with Gasteiger partial charge in [0.2, 0.25) is 0 Å². The Morgan fingerprint density at radius 1 is 1.47 bits per heavy atom. The molecule has 0 aliphatic rings. The summed E-state index contributed by atoms with van der Waals surface area (Å²) >= 11 is 3.44. The third-order valence-corrected chi connectivity index (χ3v) is 3.30. The summed E-state index contributed by atoms with van der Waals surface area (Å²) < 4.78 is 6.21. The normalized spacial score (nSPS) is 11.4. The third kappa shape index (κ3) is 3.22. The molecule has 0 aromatic heterocycles. The maximum absolute atomic E-state index is 10.9. The van der Waals surface area contributed by atoms with E-state index in [1.165, 1.54) is 0 Å². The Hall–Kier alpha value is -1.03. The Bertz CT molecular complexity index is 439. The SMILES string of the molecule is COc1c(Br)cc(C)cc1C(C)(C)CC(=O)O. The summed E-state index contributed by atoms with van der Waals surface area (Å²) in [6.07, 6.45) is 0.0687. The summed E-state index contributed by atoms with van der Waals surface area (Å²) in [5, 5.41) is 8.96. The van der Waals surface area contributed by atoms with E-state index in [4.69, 9.17) is 9.84 Å². The Morgan fingerprint density at radius 3 is 2.53 bits per heavy atom. The molecular formula is C13H17BrO3. The number of ether oxygens (including phenoxy) is 1. The molecule has 0 heterocycles. The number of aliphatic carboxylic acids is 1. The molecule has 17 heavy (non-hydrogen) atoms. The van der Waals surface area contributed by atoms with Crippen molar-refractivity contribution in [2.75, 3.05) is 7.11 Å². The van der Waals surface area contributed by atoms with Gasteiger partial charge >= 0.3 is 5.97 Å². The fourth-order valence-corrected chi connectivity index (χ4v) is 2.65. The van der Waals surface area contributed by atoms with Gasteiger partial charge in [-0.25, -0.2) is 0 Å². The lowest BCUT2D eigenvalue weighted by Crippen LogP contribution is -2.22. The van der Waals surface area contributed by atoms with E-state index in [1.54, 1.807) is 7.11 Å². The predicted molar refractivity (Wildman–Crippen MR) is 70.7 cm³/mol. The van der Waals surface area contributed by atoms with Crippen LogP contribution in [0.25, 0.3) is 0 Å². The molecule has 0 unspecified atom stereocenters. The molecule has 0 aliphatic heterocycles. The fraction of sp³-hybridized carbons (Fsp3) is 0.462. The minimum atomic E-state index is -0.810. The molecule has 0 spiro atoms. The van der Waals surface area contributed by atoms with E-state index in [2.05, 4.69) is 15.9 Å². The smallest absolute Gasteiger partial charge is 0.304 e. The van der Waals surface area contributed by atoms with Gasteiger partial charge in [-0.05, 0) is 34.5 Å². The lowest BCUT2D eigenvalue weighted by atomic mass is 9.80. The number of carboxylic acid groups (broad SMARTS) is 1. The van der Waals surface area contributed by atoms with Gasteiger partial charge in [0.25, 0.3) is 0 Å². The van der Waals surface area contributed by atoms with E-state index < -0.39 is 11.4 Å². The minimum absolute atomic E-state index is 0.0687. The van der Waals surface area contributed by atoms with Gasteiger partial charge in [0.15, 0.2) is 0 Å². The quantitative estimate of drug-likeness (QED) is 0.925. The van der Waals surface area contributed by atoms with E-state index in [-0.39, 0.29) is 6.42 Å². The summed E-state index contributed by atoms with van der Waals surface area (Å²) in [5.74, 6) is -0.100. The minimum Gasteiger partial charge on any atom is -0.495 e. The van der Waals surface area contributed by atoms with Crippen molar-refractivity contribution in [3.8, 4) is 5.75 Å². The molecule has 0 saturated heterocycles. The van der Waals surface area contributed by atoms with Crippen molar-refractivity contribution >= 4 is 21.9 Å². The highest BCUT2D eigenvalue weighted by Gasteiger charge is 2.28. The van der Waals surface area contributed by atoms with Crippen LogP contribution < -0.4 is 4.74 Å². The van der Waals surface area contributed by atoms with Crippen molar-refractivity contribution < 1.29 is 14.6 Å². The van der Waals surface area contributed by atoms with Crippen molar-refractivity contribution in [1.82, 2.24) is 0 Å². The van der Waals surface area contributed by atoms with Crippen LogP contribution in [0.5, 0.6) is 5.75 Å². The van der Waals surface area contributed by atoms with Crippen molar-refractivity contribution in [3.05, 3.63) is 27.7 Å². The van der Waals surface area contributed by atoms with Gasteiger partial charge in [-0.2, -0.15) is 0 Å². The van der Waals surface area contributed by atoms with Gasteiger partial charge in [0, 0.05) is 11.0 Å². The van der Waals surface area contributed by atoms with Crippen molar-refractivity contribution in [2.24, 2.45) is 0 Å². The summed E-state index contributed by atoms with van der Waals surface area (Å²) in [4.78, 5) is 10.9. The molecule has 1 aromatic rings. The highest BCUT2D eigenvalue weighted by molar-refractivity contribution is 9.10. The van der Waals surface area contributed by atoms with Gasteiger partial charge in [-0.15, -0.1) is 0 Å². The number of hydrogen-bond donors (Lipinski definition) is 1. The Balaban J connectivity index is 3.33. The number of rotatable bonds is 4. The molecular weight excluding hydrogens is 284 g/mol. The van der Waals surface area contributed by atoms with Crippen LogP contribution in [0, 0.1) is 6.92 Å². The number of benzene rings is 1. The highest BCUT2D eigenvalue weighted by Crippen LogP contribution is 2.39. The number of halogens is 1. The molecule has 0 atom stereocenters. The molecule has 0 aliphatic carbocycles. The van der Waals surface area contributed by atoms with Gasteiger partial charge in [-0.1, -0.05) is 19.9 Å².